The summed E-state index contributed by atoms with van der Waals surface area (Å²) in [6, 6.07) is -0.913. The summed E-state index contributed by atoms with van der Waals surface area (Å²) in [4.78, 5) is 11.1. The van der Waals surface area contributed by atoms with Crippen LogP contribution in [0.15, 0.2) is 0 Å². The van der Waals surface area contributed by atoms with Gasteiger partial charge in [0.1, 0.15) is 24.4 Å². The lowest BCUT2D eigenvalue weighted by Gasteiger charge is -2.42. The maximum absolute atomic E-state index is 11.1. The number of carboxylic acids is 1. The Labute approximate surface area is 117 Å². The topological polar surface area (TPSA) is 139 Å². The second-order valence-corrected chi connectivity index (χ2v) is 5.24. The van der Waals surface area contributed by atoms with Gasteiger partial charge in [-0.25, -0.2) is 0 Å². The third-order valence-electron chi connectivity index (χ3n) is 3.74. The molecular formula is C12H23NO7. The summed E-state index contributed by atoms with van der Waals surface area (Å²) >= 11 is 0. The molecule has 1 aliphatic rings. The van der Waals surface area contributed by atoms with E-state index in [1.807, 2.05) is 6.92 Å². The lowest BCUT2D eigenvalue weighted by molar-refractivity contribution is -0.318. The number of aliphatic hydroxyl groups excluding tert-OH is 3. The molecule has 1 rings (SSSR count). The molecule has 0 spiro atoms. The first-order valence-electron chi connectivity index (χ1n) is 6.59. The zero-order valence-corrected chi connectivity index (χ0v) is 11.6. The van der Waals surface area contributed by atoms with Gasteiger partial charge in [-0.2, -0.15) is 0 Å². The molecule has 20 heavy (non-hydrogen) atoms. The highest BCUT2D eigenvalue weighted by Gasteiger charge is 2.48. The summed E-state index contributed by atoms with van der Waals surface area (Å²) in [5.74, 6) is -3.40. The fourth-order valence-corrected chi connectivity index (χ4v) is 2.07. The number of aliphatic carboxylic acids is 1. The van der Waals surface area contributed by atoms with Crippen molar-refractivity contribution in [3.05, 3.63) is 0 Å². The van der Waals surface area contributed by atoms with Crippen molar-refractivity contribution >= 4 is 5.97 Å². The average Bonchev–Trinajstić information content (AvgIpc) is 2.41. The van der Waals surface area contributed by atoms with E-state index in [0.717, 1.165) is 0 Å². The first kappa shape index (κ1) is 17.3. The Kier molecular flexibility index (Phi) is 5.87. The zero-order valence-electron chi connectivity index (χ0n) is 11.6. The van der Waals surface area contributed by atoms with Crippen molar-refractivity contribution in [2.75, 3.05) is 13.2 Å². The minimum absolute atomic E-state index is 0.188. The molecule has 6 N–H and O–H groups in total. The van der Waals surface area contributed by atoms with Gasteiger partial charge in [0.2, 0.25) is 5.79 Å². The third kappa shape index (κ3) is 3.66. The van der Waals surface area contributed by atoms with Crippen LogP contribution in [0.25, 0.3) is 0 Å². The van der Waals surface area contributed by atoms with Crippen LogP contribution in [-0.2, 0) is 9.53 Å². The van der Waals surface area contributed by atoms with Crippen LogP contribution < -0.4 is 5.32 Å². The average molecular weight is 293 g/mol. The van der Waals surface area contributed by atoms with Gasteiger partial charge in [-0.15, -0.1) is 0 Å². The second kappa shape index (κ2) is 6.79. The van der Waals surface area contributed by atoms with Crippen molar-refractivity contribution in [2.24, 2.45) is 5.92 Å². The number of rotatable bonds is 6. The van der Waals surface area contributed by atoms with E-state index < -0.39 is 36.1 Å². The quantitative estimate of drug-likeness (QED) is 0.326. The van der Waals surface area contributed by atoms with Crippen LogP contribution in [-0.4, -0.2) is 74.8 Å². The van der Waals surface area contributed by atoms with Crippen LogP contribution in [0.4, 0.5) is 0 Å². The van der Waals surface area contributed by atoms with E-state index in [9.17, 15) is 25.2 Å². The molecule has 1 heterocycles. The van der Waals surface area contributed by atoms with Gasteiger partial charge in [0, 0.05) is 0 Å². The fraction of sp³-hybridized carbons (Fsp3) is 0.917. The minimum atomic E-state index is -2.14. The minimum Gasteiger partial charge on any atom is -0.480 e. The van der Waals surface area contributed by atoms with Gasteiger partial charge in [0.15, 0.2) is 0 Å². The van der Waals surface area contributed by atoms with Crippen LogP contribution in [0.3, 0.4) is 0 Å². The van der Waals surface area contributed by atoms with Crippen molar-refractivity contribution in [1.29, 1.82) is 0 Å². The van der Waals surface area contributed by atoms with Crippen molar-refractivity contribution < 1.29 is 35.1 Å². The first-order valence-corrected chi connectivity index (χ1v) is 6.59. The Hall–Kier alpha value is -0.770. The summed E-state index contributed by atoms with van der Waals surface area (Å²) in [6.45, 7) is 2.85. The second-order valence-electron chi connectivity index (χ2n) is 5.24. The van der Waals surface area contributed by atoms with Crippen LogP contribution in [0.2, 0.25) is 0 Å². The van der Waals surface area contributed by atoms with Gasteiger partial charge in [0.25, 0.3) is 0 Å². The molecule has 118 valence electrons. The van der Waals surface area contributed by atoms with E-state index in [0.29, 0.717) is 6.42 Å². The van der Waals surface area contributed by atoms with Crippen molar-refractivity contribution in [1.82, 2.24) is 5.32 Å². The molecule has 0 radical (unpaired) electrons. The standard InChI is InChI=1S/C12H23NO7/c1-3-6(2)8(11(17)18)13-5-12(19)10(16)9(15)7(14)4-20-12/h6-10,13-16,19H,3-5H2,1-2H3,(H,17,18)/t6-,7-,8-,9-,10+,12?/m1/s1. The molecule has 0 bridgehead atoms. The zero-order chi connectivity index (χ0) is 15.5. The third-order valence-corrected chi connectivity index (χ3v) is 3.74. The Balaban J connectivity index is 2.69. The van der Waals surface area contributed by atoms with Crippen LogP contribution in [0.5, 0.6) is 0 Å². The molecule has 0 saturated carbocycles. The molecule has 8 heteroatoms. The van der Waals surface area contributed by atoms with E-state index in [4.69, 9.17) is 9.84 Å². The highest BCUT2D eigenvalue weighted by Crippen LogP contribution is 2.23. The van der Waals surface area contributed by atoms with Crippen molar-refractivity contribution in [3.63, 3.8) is 0 Å². The van der Waals surface area contributed by atoms with E-state index in [-0.39, 0.29) is 19.1 Å². The fourth-order valence-electron chi connectivity index (χ4n) is 2.07. The molecule has 0 aromatic heterocycles. The van der Waals surface area contributed by atoms with E-state index >= 15 is 0 Å². The SMILES string of the molecule is CC[C@@H](C)[C@@H](NCC1(O)OC[C@@H](O)[C@@H](O)[C@@H]1O)C(=O)O. The maximum Gasteiger partial charge on any atom is 0.320 e. The lowest BCUT2D eigenvalue weighted by atomic mass is 9.95. The number of carboxylic acid groups (broad SMARTS) is 1. The van der Waals surface area contributed by atoms with Crippen molar-refractivity contribution in [3.8, 4) is 0 Å². The highest BCUT2D eigenvalue weighted by atomic mass is 16.6. The molecule has 0 amide bonds. The van der Waals surface area contributed by atoms with Crippen LogP contribution in [0.1, 0.15) is 20.3 Å². The maximum atomic E-state index is 11.1. The smallest absolute Gasteiger partial charge is 0.320 e. The normalized spacial score (nSPS) is 37.4. The Morgan fingerprint density at radius 3 is 2.55 bits per heavy atom. The number of hydrogen-bond acceptors (Lipinski definition) is 7. The van der Waals surface area contributed by atoms with E-state index in [2.05, 4.69) is 5.32 Å². The Morgan fingerprint density at radius 1 is 1.45 bits per heavy atom. The summed E-state index contributed by atoms with van der Waals surface area (Å²) in [7, 11) is 0. The van der Waals surface area contributed by atoms with E-state index in [1.165, 1.54) is 0 Å². The number of hydrogen-bond donors (Lipinski definition) is 6. The summed E-state index contributed by atoms with van der Waals surface area (Å²) in [6.07, 6.45) is -3.96. The summed E-state index contributed by atoms with van der Waals surface area (Å²) in [5, 5.41) is 50.4. The van der Waals surface area contributed by atoms with Crippen molar-refractivity contribution in [2.45, 2.75) is 50.4 Å². The number of aliphatic hydroxyl groups is 4. The summed E-state index contributed by atoms with van der Waals surface area (Å²) < 4.78 is 4.94. The van der Waals surface area contributed by atoms with Gasteiger partial charge in [-0.1, -0.05) is 20.3 Å². The highest BCUT2D eigenvalue weighted by molar-refractivity contribution is 5.73. The number of ether oxygens (including phenoxy) is 1. The molecule has 6 atom stereocenters. The molecule has 0 aliphatic carbocycles. The Bertz CT molecular complexity index is 340. The molecule has 8 nitrogen and oxygen atoms in total. The van der Waals surface area contributed by atoms with Crippen LogP contribution in [0, 0.1) is 5.92 Å². The lowest BCUT2D eigenvalue weighted by Crippen LogP contribution is -2.65. The molecule has 1 fully saturated rings. The molecule has 1 unspecified atom stereocenters. The Morgan fingerprint density at radius 2 is 2.05 bits per heavy atom. The monoisotopic (exact) mass is 293 g/mol. The van der Waals surface area contributed by atoms with Crippen LogP contribution >= 0.6 is 0 Å². The van der Waals surface area contributed by atoms with Gasteiger partial charge in [-0.05, 0) is 5.92 Å². The van der Waals surface area contributed by atoms with Gasteiger partial charge < -0.3 is 30.3 Å². The van der Waals surface area contributed by atoms with Gasteiger partial charge in [-0.3, -0.25) is 10.1 Å². The van der Waals surface area contributed by atoms with Gasteiger partial charge >= 0.3 is 5.97 Å². The molecular weight excluding hydrogens is 270 g/mol. The predicted octanol–water partition coefficient (Wildman–Crippen LogP) is -2.12. The largest absolute Gasteiger partial charge is 0.480 e. The summed E-state index contributed by atoms with van der Waals surface area (Å²) in [5.41, 5.74) is 0. The molecule has 1 saturated heterocycles. The number of carbonyl (C=O) groups is 1. The molecule has 1 aliphatic heterocycles. The molecule has 0 aromatic carbocycles. The number of nitrogens with one attached hydrogen (secondary N) is 1. The molecule has 0 aromatic rings. The van der Waals surface area contributed by atoms with E-state index in [1.54, 1.807) is 6.92 Å². The first-order chi connectivity index (χ1) is 9.23. The predicted molar refractivity (Wildman–Crippen MR) is 67.8 cm³/mol. The van der Waals surface area contributed by atoms with Gasteiger partial charge in [0.05, 0.1) is 13.2 Å².